The predicted molar refractivity (Wildman–Crippen MR) is 104 cm³/mol. The van der Waals surface area contributed by atoms with Gasteiger partial charge in [-0.1, -0.05) is 33.3 Å². The highest BCUT2D eigenvalue weighted by atomic mass is 16.5. The molecule has 2 aliphatic rings. The van der Waals surface area contributed by atoms with Gasteiger partial charge in [-0.2, -0.15) is 0 Å². The Kier molecular flexibility index (Phi) is 7.26. The molecule has 0 aromatic heterocycles. The monoisotopic (exact) mass is 380 g/mol. The molecule has 1 fully saturated rings. The summed E-state index contributed by atoms with van der Waals surface area (Å²) in [7, 11) is 0. The largest absolute Gasteiger partial charge is 0.466 e. The van der Waals surface area contributed by atoms with Crippen molar-refractivity contribution in [2.24, 2.45) is 28.6 Å². The number of rotatable bonds is 8. The van der Waals surface area contributed by atoms with Crippen LogP contribution in [0.2, 0.25) is 0 Å². The van der Waals surface area contributed by atoms with E-state index >= 15 is 0 Å². The van der Waals surface area contributed by atoms with E-state index in [9.17, 15) is 19.8 Å². The highest BCUT2D eigenvalue weighted by Gasteiger charge is 2.59. The van der Waals surface area contributed by atoms with Gasteiger partial charge in [0.15, 0.2) is 0 Å². The van der Waals surface area contributed by atoms with Gasteiger partial charge in [-0.05, 0) is 54.9 Å². The summed E-state index contributed by atoms with van der Waals surface area (Å²) < 4.78 is 5.37. The van der Waals surface area contributed by atoms with Crippen molar-refractivity contribution in [3.8, 4) is 0 Å². The lowest BCUT2D eigenvalue weighted by atomic mass is 9.45. The Morgan fingerprint density at radius 3 is 2.70 bits per heavy atom. The van der Waals surface area contributed by atoms with Crippen molar-refractivity contribution in [2.45, 2.75) is 72.3 Å². The Labute approximate surface area is 163 Å². The van der Waals surface area contributed by atoms with E-state index in [0.717, 1.165) is 38.4 Å². The summed E-state index contributed by atoms with van der Waals surface area (Å²) in [6, 6.07) is 0. The molecule has 0 spiro atoms. The minimum atomic E-state index is -0.622. The van der Waals surface area contributed by atoms with Crippen molar-refractivity contribution in [3.63, 3.8) is 0 Å². The van der Waals surface area contributed by atoms with Crippen molar-refractivity contribution in [2.75, 3.05) is 13.2 Å². The van der Waals surface area contributed by atoms with Crippen LogP contribution in [-0.4, -0.2) is 41.8 Å². The van der Waals surface area contributed by atoms with Crippen LogP contribution in [0.15, 0.2) is 11.6 Å². The lowest BCUT2D eigenvalue weighted by molar-refractivity contribution is -0.161. The summed E-state index contributed by atoms with van der Waals surface area (Å²) in [4.78, 5) is 23.2. The molecule has 2 rings (SSSR count). The molecule has 2 aliphatic carbocycles. The van der Waals surface area contributed by atoms with E-state index in [0.29, 0.717) is 24.5 Å². The molecule has 0 heterocycles. The fourth-order valence-electron chi connectivity index (χ4n) is 5.59. The lowest BCUT2D eigenvalue weighted by Gasteiger charge is -2.60. The zero-order valence-electron chi connectivity index (χ0n) is 17.2. The van der Waals surface area contributed by atoms with Crippen molar-refractivity contribution in [1.29, 1.82) is 0 Å². The standard InChI is InChI=1S/C22H36O5/c1-15(9-11-23)8-10-21(3)18(14-27-16(2)25)12-20(26)22(4)17(13-24)6-5-7-19(21)22/h6,13,15,18-20,23,26H,5,7-12,14H2,1-4H3/t15-,18-,19+,20-,21-,22-/m0/s1. The summed E-state index contributed by atoms with van der Waals surface area (Å²) in [5.74, 6) is 0.317. The molecule has 0 aromatic carbocycles. The van der Waals surface area contributed by atoms with E-state index < -0.39 is 11.5 Å². The molecule has 2 N–H and O–H groups in total. The second-order valence-electron chi connectivity index (χ2n) is 9.10. The van der Waals surface area contributed by atoms with Gasteiger partial charge in [-0.25, -0.2) is 0 Å². The summed E-state index contributed by atoms with van der Waals surface area (Å²) in [6.45, 7) is 8.33. The summed E-state index contributed by atoms with van der Waals surface area (Å²) in [6.07, 6.45) is 7.23. The lowest BCUT2D eigenvalue weighted by Crippen LogP contribution is -2.58. The maximum Gasteiger partial charge on any atom is 0.302 e. The fraction of sp³-hybridized carbons (Fsp3) is 0.818. The van der Waals surface area contributed by atoms with Crippen LogP contribution in [0.1, 0.15) is 66.2 Å². The zero-order valence-corrected chi connectivity index (χ0v) is 17.2. The van der Waals surface area contributed by atoms with Crippen molar-refractivity contribution < 1.29 is 24.5 Å². The van der Waals surface area contributed by atoms with Gasteiger partial charge < -0.3 is 14.9 Å². The molecule has 0 unspecified atom stereocenters. The number of hydrogen-bond acceptors (Lipinski definition) is 5. The first kappa shape index (κ1) is 22.1. The second-order valence-corrected chi connectivity index (χ2v) is 9.10. The zero-order chi connectivity index (χ0) is 20.2. The minimum Gasteiger partial charge on any atom is -0.466 e. The van der Waals surface area contributed by atoms with Gasteiger partial charge in [0.1, 0.15) is 6.29 Å². The predicted octanol–water partition coefficient (Wildman–Crippen LogP) is 3.28. The van der Waals surface area contributed by atoms with Crippen molar-refractivity contribution >= 4 is 12.3 Å². The van der Waals surface area contributed by atoms with Crippen LogP contribution in [0, 0.1) is 28.6 Å². The first-order valence-electron chi connectivity index (χ1n) is 10.3. The molecule has 0 saturated heterocycles. The number of aldehydes is 1. The third-order valence-corrected chi connectivity index (χ3v) is 7.51. The van der Waals surface area contributed by atoms with Crippen LogP contribution in [0.25, 0.3) is 0 Å². The number of hydrogen-bond donors (Lipinski definition) is 2. The smallest absolute Gasteiger partial charge is 0.302 e. The topological polar surface area (TPSA) is 83.8 Å². The van der Waals surface area contributed by atoms with Crippen LogP contribution in [0.4, 0.5) is 0 Å². The maximum absolute atomic E-state index is 11.7. The Hall–Kier alpha value is -1.20. The van der Waals surface area contributed by atoms with E-state index in [1.807, 2.05) is 13.0 Å². The normalized spacial score (nSPS) is 37.1. The molecule has 5 nitrogen and oxygen atoms in total. The average molecular weight is 381 g/mol. The highest BCUT2D eigenvalue weighted by molar-refractivity contribution is 5.76. The molecule has 0 radical (unpaired) electrons. The number of carbonyl (C=O) groups is 2. The van der Waals surface area contributed by atoms with Crippen molar-refractivity contribution in [3.05, 3.63) is 11.6 Å². The van der Waals surface area contributed by atoms with Crippen LogP contribution < -0.4 is 0 Å². The van der Waals surface area contributed by atoms with E-state index in [1.54, 1.807) is 0 Å². The SMILES string of the molecule is CC(=O)OC[C@@H]1C[C@H](O)[C@@]2(C)C(C=O)=CCC[C@@H]2[C@@]1(C)CC[C@H](C)CCO. The molecular weight excluding hydrogens is 344 g/mol. The molecule has 0 amide bonds. The van der Waals surface area contributed by atoms with E-state index in [1.165, 1.54) is 6.92 Å². The minimum absolute atomic E-state index is 0.0572. The molecule has 5 heteroatoms. The van der Waals surface area contributed by atoms with E-state index in [2.05, 4.69) is 13.8 Å². The molecule has 27 heavy (non-hydrogen) atoms. The molecule has 1 saturated carbocycles. The number of allylic oxidation sites excluding steroid dienone is 1. The molecule has 154 valence electrons. The molecule has 0 aliphatic heterocycles. The van der Waals surface area contributed by atoms with Crippen LogP contribution >= 0.6 is 0 Å². The summed E-state index contributed by atoms with van der Waals surface area (Å²) >= 11 is 0. The molecular formula is C22H36O5. The van der Waals surface area contributed by atoms with Crippen LogP contribution in [-0.2, 0) is 14.3 Å². The Balaban J connectivity index is 2.35. The molecule has 0 aromatic rings. The Bertz CT molecular complexity index is 571. The van der Waals surface area contributed by atoms with Gasteiger partial charge in [-0.15, -0.1) is 0 Å². The number of esters is 1. The van der Waals surface area contributed by atoms with Crippen molar-refractivity contribution in [1.82, 2.24) is 0 Å². The number of carbonyl (C=O) groups excluding carboxylic acids is 2. The quantitative estimate of drug-likeness (QED) is 0.499. The van der Waals surface area contributed by atoms with Gasteiger partial charge in [0.05, 0.1) is 12.7 Å². The summed E-state index contributed by atoms with van der Waals surface area (Å²) in [5.41, 5.74) is 0.0176. The van der Waals surface area contributed by atoms with Crippen LogP contribution in [0.5, 0.6) is 0 Å². The van der Waals surface area contributed by atoms with Gasteiger partial charge in [-0.3, -0.25) is 9.59 Å². The maximum atomic E-state index is 11.7. The molecule has 6 atom stereocenters. The number of fused-ring (bicyclic) bond motifs is 1. The number of aliphatic hydroxyl groups excluding tert-OH is 2. The first-order valence-corrected chi connectivity index (χ1v) is 10.3. The Morgan fingerprint density at radius 2 is 2.11 bits per heavy atom. The fourth-order valence-corrected chi connectivity index (χ4v) is 5.59. The van der Waals surface area contributed by atoms with Gasteiger partial charge in [0, 0.05) is 24.9 Å². The van der Waals surface area contributed by atoms with Gasteiger partial charge in [0.25, 0.3) is 0 Å². The second kappa shape index (κ2) is 8.87. The summed E-state index contributed by atoms with van der Waals surface area (Å²) in [5, 5.41) is 20.2. The molecule has 0 bridgehead atoms. The van der Waals surface area contributed by atoms with E-state index in [-0.39, 0.29) is 29.8 Å². The average Bonchev–Trinajstić information content (AvgIpc) is 2.62. The third-order valence-electron chi connectivity index (χ3n) is 7.51. The van der Waals surface area contributed by atoms with Crippen LogP contribution in [0.3, 0.4) is 0 Å². The van der Waals surface area contributed by atoms with Gasteiger partial charge in [0.2, 0.25) is 0 Å². The number of ether oxygens (including phenoxy) is 1. The Morgan fingerprint density at radius 1 is 1.41 bits per heavy atom. The third kappa shape index (κ3) is 4.29. The highest BCUT2D eigenvalue weighted by Crippen LogP contribution is 2.61. The number of aliphatic hydroxyl groups is 2. The first-order chi connectivity index (χ1) is 12.7. The van der Waals surface area contributed by atoms with E-state index in [4.69, 9.17) is 4.74 Å². The van der Waals surface area contributed by atoms with Gasteiger partial charge >= 0.3 is 5.97 Å².